The van der Waals surface area contributed by atoms with Gasteiger partial charge < -0.3 is 4.74 Å². The number of nitrogens with zero attached hydrogens (tertiary/aromatic N) is 2. The van der Waals surface area contributed by atoms with Gasteiger partial charge in [0.1, 0.15) is 5.75 Å². The van der Waals surface area contributed by atoms with E-state index in [0.29, 0.717) is 21.1 Å². The van der Waals surface area contributed by atoms with Gasteiger partial charge in [-0.1, -0.05) is 23.5 Å². The molecular weight excluding hydrogens is 342 g/mol. The second-order valence-electron chi connectivity index (χ2n) is 5.49. The van der Waals surface area contributed by atoms with Crippen molar-refractivity contribution < 1.29 is 14.5 Å². The summed E-state index contributed by atoms with van der Waals surface area (Å²) in [5.41, 5.74) is 1.63. The number of carbonyl (C=O) groups is 1. The van der Waals surface area contributed by atoms with E-state index in [1.807, 2.05) is 25.1 Å². The Morgan fingerprint density at radius 3 is 2.84 bits per heavy atom. The van der Waals surface area contributed by atoms with Crippen molar-refractivity contribution in [2.45, 2.75) is 20.0 Å². The lowest BCUT2D eigenvalue weighted by molar-refractivity contribution is -0.384. The Kier molecular flexibility index (Phi) is 4.62. The summed E-state index contributed by atoms with van der Waals surface area (Å²) in [6.45, 7) is 3.59. The Hall–Kier alpha value is -3.00. The monoisotopic (exact) mass is 357 g/mol. The van der Waals surface area contributed by atoms with E-state index in [4.69, 9.17) is 4.74 Å². The summed E-state index contributed by atoms with van der Waals surface area (Å²) in [4.78, 5) is 26.9. The van der Waals surface area contributed by atoms with E-state index in [-0.39, 0.29) is 11.6 Å². The molecule has 25 heavy (non-hydrogen) atoms. The van der Waals surface area contributed by atoms with Crippen LogP contribution in [-0.2, 0) is 4.79 Å². The molecule has 0 saturated heterocycles. The Bertz CT molecular complexity index is 954. The van der Waals surface area contributed by atoms with Gasteiger partial charge in [0.2, 0.25) is 0 Å². The lowest BCUT2D eigenvalue weighted by Gasteiger charge is -2.13. The largest absolute Gasteiger partial charge is 0.481 e. The summed E-state index contributed by atoms with van der Waals surface area (Å²) in [5.74, 6) is 0.276. The molecule has 0 spiro atoms. The van der Waals surface area contributed by atoms with E-state index in [9.17, 15) is 14.9 Å². The smallest absolute Gasteiger partial charge is 0.270 e. The van der Waals surface area contributed by atoms with Gasteiger partial charge in [0.25, 0.3) is 11.6 Å². The number of rotatable bonds is 5. The third-order valence-corrected chi connectivity index (χ3v) is 4.42. The molecule has 0 bridgehead atoms. The number of aromatic nitrogens is 1. The van der Waals surface area contributed by atoms with Crippen LogP contribution >= 0.6 is 11.3 Å². The summed E-state index contributed by atoms with van der Waals surface area (Å²) in [6.07, 6.45) is -0.705. The molecule has 7 nitrogen and oxygen atoms in total. The van der Waals surface area contributed by atoms with E-state index < -0.39 is 11.0 Å². The van der Waals surface area contributed by atoms with Crippen molar-refractivity contribution in [2.75, 3.05) is 5.32 Å². The Morgan fingerprint density at radius 1 is 1.32 bits per heavy atom. The Labute approximate surface area is 147 Å². The summed E-state index contributed by atoms with van der Waals surface area (Å²) < 4.78 is 6.27. The molecule has 1 aromatic heterocycles. The number of aryl methyl sites for hydroxylation is 1. The number of non-ortho nitro benzene ring substituents is 1. The van der Waals surface area contributed by atoms with Crippen LogP contribution < -0.4 is 10.1 Å². The molecule has 0 aliphatic heterocycles. The van der Waals surface area contributed by atoms with E-state index >= 15 is 0 Å². The molecule has 0 aliphatic rings. The molecule has 0 unspecified atom stereocenters. The molecule has 8 heteroatoms. The molecular formula is C17H15N3O4S. The average molecular weight is 357 g/mol. The quantitative estimate of drug-likeness (QED) is 0.552. The number of fused-ring (bicyclic) bond motifs is 1. The van der Waals surface area contributed by atoms with Gasteiger partial charge in [-0.2, -0.15) is 0 Å². The normalized spacial score (nSPS) is 11.9. The van der Waals surface area contributed by atoms with E-state index in [1.165, 1.54) is 23.5 Å². The number of thiazole rings is 1. The first-order valence-corrected chi connectivity index (χ1v) is 8.33. The minimum Gasteiger partial charge on any atom is -0.481 e. The topological polar surface area (TPSA) is 94.4 Å². The van der Waals surface area contributed by atoms with Gasteiger partial charge >= 0.3 is 0 Å². The van der Waals surface area contributed by atoms with Crippen LogP contribution in [-0.4, -0.2) is 21.9 Å². The molecule has 128 valence electrons. The molecule has 0 radical (unpaired) electrons. The fourth-order valence-electron chi connectivity index (χ4n) is 2.23. The van der Waals surface area contributed by atoms with Crippen molar-refractivity contribution in [1.29, 1.82) is 0 Å². The van der Waals surface area contributed by atoms with Gasteiger partial charge in [-0.05, 0) is 37.6 Å². The molecule has 3 rings (SSSR count). The van der Waals surface area contributed by atoms with Crippen LogP contribution in [0.5, 0.6) is 5.75 Å². The van der Waals surface area contributed by atoms with Gasteiger partial charge in [-0.15, -0.1) is 0 Å². The molecule has 1 heterocycles. The van der Waals surface area contributed by atoms with Crippen LogP contribution in [0.15, 0.2) is 42.5 Å². The van der Waals surface area contributed by atoms with E-state index in [1.54, 1.807) is 19.1 Å². The number of hydrogen-bond acceptors (Lipinski definition) is 6. The maximum absolute atomic E-state index is 12.3. The molecule has 3 aromatic rings. The summed E-state index contributed by atoms with van der Waals surface area (Å²) in [5, 5.41) is 13.9. The van der Waals surface area contributed by atoms with Crippen LogP contribution in [0.4, 0.5) is 10.8 Å². The molecule has 1 amide bonds. The van der Waals surface area contributed by atoms with Crippen molar-refractivity contribution in [3.05, 3.63) is 58.1 Å². The fraction of sp³-hybridized carbons (Fsp3) is 0.176. The van der Waals surface area contributed by atoms with Crippen molar-refractivity contribution in [3.63, 3.8) is 0 Å². The van der Waals surface area contributed by atoms with Crippen LogP contribution in [0, 0.1) is 17.0 Å². The number of amides is 1. The number of hydrogen-bond donors (Lipinski definition) is 1. The van der Waals surface area contributed by atoms with Crippen LogP contribution in [0.1, 0.15) is 12.5 Å². The number of anilines is 1. The first kappa shape index (κ1) is 16.8. The first-order chi connectivity index (χ1) is 11.9. The fourth-order valence-corrected chi connectivity index (χ4v) is 3.14. The minimum absolute atomic E-state index is 0.00910. The van der Waals surface area contributed by atoms with Crippen LogP contribution in [0.2, 0.25) is 0 Å². The Morgan fingerprint density at radius 2 is 2.12 bits per heavy atom. The van der Waals surface area contributed by atoms with Gasteiger partial charge in [0.15, 0.2) is 11.2 Å². The zero-order valence-electron chi connectivity index (χ0n) is 13.6. The molecule has 2 aromatic carbocycles. The first-order valence-electron chi connectivity index (χ1n) is 7.51. The third-order valence-electron chi connectivity index (χ3n) is 3.48. The Balaban J connectivity index is 1.71. The number of nitro benzene ring substituents is 1. The van der Waals surface area contributed by atoms with Crippen molar-refractivity contribution in [2.24, 2.45) is 0 Å². The highest BCUT2D eigenvalue weighted by Crippen LogP contribution is 2.29. The number of carbonyl (C=O) groups excluding carboxylic acids is 1. The minimum atomic E-state index is -0.705. The summed E-state index contributed by atoms with van der Waals surface area (Å²) in [7, 11) is 0. The number of nitro groups is 1. The molecule has 1 N–H and O–H groups in total. The van der Waals surface area contributed by atoms with Gasteiger partial charge in [0, 0.05) is 12.1 Å². The maximum Gasteiger partial charge on any atom is 0.270 e. The van der Waals surface area contributed by atoms with Crippen LogP contribution in [0.25, 0.3) is 10.2 Å². The maximum atomic E-state index is 12.3. The highest BCUT2D eigenvalue weighted by molar-refractivity contribution is 7.22. The summed E-state index contributed by atoms with van der Waals surface area (Å²) >= 11 is 1.18. The number of benzene rings is 2. The standard InChI is InChI=1S/C17H15N3O4S/c1-10-4-3-5-13(8-10)24-11(2)16(21)19-17-18-14-7-6-12(20(22)23)9-15(14)25-17/h3-9,11H,1-2H3,(H,18,19,21)/t11-/m1/s1. The van der Waals surface area contributed by atoms with Crippen molar-refractivity contribution in [1.82, 2.24) is 4.98 Å². The molecule has 0 fully saturated rings. The third kappa shape index (κ3) is 3.92. The zero-order valence-corrected chi connectivity index (χ0v) is 14.4. The SMILES string of the molecule is Cc1cccc(O[C@H](C)C(=O)Nc2nc3ccc([N+](=O)[O-])cc3s2)c1. The lowest BCUT2D eigenvalue weighted by atomic mass is 10.2. The molecule has 0 saturated carbocycles. The predicted octanol–water partition coefficient (Wildman–Crippen LogP) is 3.92. The van der Waals surface area contributed by atoms with Crippen LogP contribution in [0.3, 0.4) is 0 Å². The number of nitrogens with one attached hydrogen (secondary N) is 1. The van der Waals surface area contributed by atoms with Gasteiger partial charge in [0.05, 0.1) is 15.1 Å². The van der Waals surface area contributed by atoms with Gasteiger partial charge in [-0.25, -0.2) is 4.98 Å². The highest BCUT2D eigenvalue weighted by atomic mass is 32.1. The second kappa shape index (κ2) is 6.86. The highest BCUT2D eigenvalue weighted by Gasteiger charge is 2.17. The van der Waals surface area contributed by atoms with Crippen molar-refractivity contribution >= 4 is 38.3 Å². The molecule has 0 aliphatic carbocycles. The van der Waals surface area contributed by atoms with Crippen molar-refractivity contribution in [3.8, 4) is 5.75 Å². The molecule has 1 atom stereocenters. The predicted molar refractivity (Wildman–Crippen MR) is 96.2 cm³/mol. The van der Waals surface area contributed by atoms with Gasteiger partial charge in [-0.3, -0.25) is 20.2 Å². The number of ether oxygens (including phenoxy) is 1. The van der Waals surface area contributed by atoms with E-state index in [0.717, 1.165) is 5.56 Å². The lowest BCUT2D eigenvalue weighted by Crippen LogP contribution is -2.30. The second-order valence-corrected chi connectivity index (χ2v) is 6.52. The summed E-state index contributed by atoms with van der Waals surface area (Å²) in [6, 6.07) is 11.8. The average Bonchev–Trinajstić information content (AvgIpc) is 2.95. The van der Waals surface area contributed by atoms with E-state index in [2.05, 4.69) is 10.3 Å². The zero-order chi connectivity index (χ0) is 18.0.